The maximum Gasteiger partial charge on any atom is 0.137 e. The molecule has 0 spiro atoms. The Morgan fingerprint density at radius 3 is 1.62 bits per heavy atom. The van der Waals surface area contributed by atoms with Crippen LogP contribution in [0.25, 0.3) is 0 Å². The van der Waals surface area contributed by atoms with Gasteiger partial charge in [-0.2, -0.15) is 0 Å². The number of aldehydes is 1. The number of carbonyl (C=O) groups excluding carboxylic acids is 1. The van der Waals surface area contributed by atoms with Gasteiger partial charge in [-0.15, -0.1) is 0 Å². The molecule has 0 unspecified atom stereocenters. The molecule has 3 rings (SSSR count). The van der Waals surface area contributed by atoms with Crippen LogP contribution in [0, 0.1) is 0 Å². The topological polar surface area (TPSA) is 26.3 Å². The van der Waals surface area contributed by atoms with E-state index in [-0.39, 0.29) is 0 Å². The zero-order valence-corrected chi connectivity index (χ0v) is 13.5. The molecule has 24 heavy (non-hydrogen) atoms. The molecule has 2 heteroatoms. The minimum absolute atomic E-state index is 0.305. The van der Waals surface area contributed by atoms with E-state index in [1.807, 2.05) is 91.0 Å². The van der Waals surface area contributed by atoms with Gasteiger partial charge in [-0.3, -0.25) is 0 Å². The zero-order chi connectivity index (χ0) is 16.7. The first-order chi connectivity index (χ1) is 11.8. The van der Waals surface area contributed by atoms with Gasteiger partial charge in [-0.25, -0.2) is 0 Å². The van der Waals surface area contributed by atoms with Gasteiger partial charge in [0.05, 0.1) is 18.6 Å². The first kappa shape index (κ1) is 16.2. The molecule has 0 N–H and O–H groups in total. The third kappa shape index (κ3) is 3.44. The summed E-state index contributed by atoms with van der Waals surface area (Å²) in [5.74, 6) is 0. The van der Waals surface area contributed by atoms with Crippen LogP contribution >= 0.6 is 0 Å². The second-order valence-electron chi connectivity index (χ2n) is 5.80. The van der Waals surface area contributed by atoms with Crippen LogP contribution in [0.4, 0.5) is 0 Å². The van der Waals surface area contributed by atoms with Crippen molar-refractivity contribution in [3.05, 3.63) is 108 Å². The molecule has 0 saturated heterocycles. The summed E-state index contributed by atoms with van der Waals surface area (Å²) >= 11 is 0. The highest BCUT2D eigenvalue weighted by atomic mass is 16.5. The van der Waals surface area contributed by atoms with Crippen molar-refractivity contribution in [3.8, 4) is 0 Å². The highest BCUT2D eigenvalue weighted by molar-refractivity contribution is 5.75. The predicted octanol–water partition coefficient (Wildman–Crippen LogP) is 4.39. The number of benzene rings is 3. The van der Waals surface area contributed by atoms with Crippen molar-refractivity contribution in [3.63, 3.8) is 0 Å². The molecule has 0 heterocycles. The highest BCUT2D eigenvalue weighted by Crippen LogP contribution is 2.31. The molecule has 120 valence electrons. The van der Waals surface area contributed by atoms with Crippen LogP contribution < -0.4 is 0 Å². The van der Waals surface area contributed by atoms with E-state index in [4.69, 9.17) is 4.74 Å². The molecule has 0 atom stereocenters. The average molecular weight is 316 g/mol. The minimum Gasteiger partial charge on any atom is -0.375 e. The van der Waals surface area contributed by atoms with E-state index in [0.29, 0.717) is 13.2 Å². The van der Waals surface area contributed by atoms with Gasteiger partial charge >= 0.3 is 0 Å². The van der Waals surface area contributed by atoms with Crippen molar-refractivity contribution in [1.29, 1.82) is 0 Å². The summed E-state index contributed by atoms with van der Waals surface area (Å²) in [4.78, 5) is 12.2. The fraction of sp³-hybridized carbons (Fsp3) is 0.136. The van der Waals surface area contributed by atoms with Crippen LogP contribution in [0.5, 0.6) is 0 Å². The first-order valence-corrected chi connectivity index (χ1v) is 8.04. The van der Waals surface area contributed by atoms with Gasteiger partial charge in [0.25, 0.3) is 0 Å². The fourth-order valence-electron chi connectivity index (χ4n) is 2.88. The van der Waals surface area contributed by atoms with E-state index in [0.717, 1.165) is 23.0 Å². The Bertz CT molecular complexity index is 712. The Hall–Kier alpha value is -2.71. The standard InChI is InChI=1S/C22H20O2/c23-17-22(20-12-6-2-7-13-20,21-14-8-3-9-15-21)18-24-16-19-10-4-1-5-11-19/h1-15,17H,16,18H2. The molecule has 0 aromatic heterocycles. The number of ether oxygens (including phenoxy) is 1. The summed E-state index contributed by atoms with van der Waals surface area (Å²) in [5, 5.41) is 0. The molecule has 0 fully saturated rings. The molecule has 2 nitrogen and oxygen atoms in total. The van der Waals surface area contributed by atoms with Gasteiger partial charge in [0.2, 0.25) is 0 Å². The lowest BCUT2D eigenvalue weighted by Crippen LogP contribution is -2.35. The molecule has 0 aliphatic rings. The predicted molar refractivity (Wildman–Crippen MR) is 95.8 cm³/mol. The summed E-state index contributed by atoms with van der Waals surface area (Å²) < 4.78 is 5.95. The van der Waals surface area contributed by atoms with Gasteiger partial charge < -0.3 is 9.53 Å². The van der Waals surface area contributed by atoms with Crippen molar-refractivity contribution in [2.24, 2.45) is 0 Å². The molecule has 0 amide bonds. The molecule has 0 bridgehead atoms. The Balaban J connectivity index is 1.89. The van der Waals surface area contributed by atoms with Gasteiger partial charge in [-0.1, -0.05) is 91.0 Å². The second-order valence-corrected chi connectivity index (χ2v) is 5.80. The fourth-order valence-corrected chi connectivity index (χ4v) is 2.88. The Kier molecular flexibility index (Phi) is 5.19. The monoisotopic (exact) mass is 316 g/mol. The maximum atomic E-state index is 12.2. The number of hydrogen-bond acceptors (Lipinski definition) is 2. The zero-order valence-electron chi connectivity index (χ0n) is 13.5. The molecule has 0 radical (unpaired) electrons. The van der Waals surface area contributed by atoms with Crippen LogP contribution in [0.3, 0.4) is 0 Å². The van der Waals surface area contributed by atoms with E-state index in [1.54, 1.807) is 0 Å². The summed E-state index contributed by atoms with van der Waals surface area (Å²) in [6.45, 7) is 0.787. The molecule has 0 aliphatic heterocycles. The van der Waals surface area contributed by atoms with Crippen LogP contribution in [-0.4, -0.2) is 12.9 Å². The van der Waals surface area contributed by atoms with Crippen molar-refractivity contribution >= 4 is 6.29 Å². The Labute approximate surface area is 142 Å². The van der Waals surface area contributed by atoms with Gasteiger partial charge in [0, 0.05) is 0 Å². The van der Waals surface area contributed by atoms with E-state index >= 15 is 0 Å². The third-order valence-electron chi connectivity index (χ3n) is 4.22. The number of hydrogen-bond donors (Lipinski definition) is 0. The molecule has 0 saturated carbocycles. The minimum atomic E-state index is -0.794. The Morgan fingerprint density at radius 2 is 1.17 bits per heavy atom. The van der Waals surface area contributed by atoms with Crippen LogP contribution in [0.15, 0.2) is 91.0 Å². The summed E-state index contributed by atoms with van der Waals surface area (Å²) in [7, 11) is 0. The van der Waals surface area contributed by atoms with Crippen LogP contribution in [0.2, 0.25) is 0 Å². The number of rotatable bonds is 7. The molecular formula is C22H20O2. The summed E-state index contributed by atoms with van der Waals surface area (Å²) in [6, 6.07) is 29.6. The normalized spacial score (nSPS) is 11.2. The molecular weight excluding hydrogens is 296 g/mol. The summed E-state index contributed by atoms with van der Waals surface area (Å²) in [5.41, 5.74) is 2.19. The van der Waals surface area contributed by atoms with Crippen LogP contribution in [0.1, 0.15) is 16.7 Å². The third-order valence-corrected chi connectivity index (χ3v) is 4.22. The van der Waals surface area contributed by atoms with Crippen molar-refractivity contribution in [2.75, 3.05) is 6.61 Å². The Morgan fingerprint density at radius 1 is 0.708 bits per heavy atom. The van der Waals surface area contributed by atoms with Crippen molar-refractivity contribution in [2.45, 2.75) is 12.0 Å². The van der Waals surface area contributed by atoms with E-state index in [9.17, 15) is 4.79 Å². The average Bonchev–Trinajstić information content (AvgIpc) is 2.68. The van der Waals surface area contributed by atoms with Gasteiger partial charge in [0.15, 0.2) is 0 Å². The lowest BCUT2D eigenvalue weighted by Gasteiger charge is -2.29. The highest BCUT2D eigenvalue weighted by Gasteiger charge is 2.34. The number of carbonyl (C=O) groups is 1. The van der Waals surface area contributed by atoms with E-state index < -0.39 is 5.41 Å². The van der Waals surface area contributed by atoms with Crippen LogP contribution in [-0.2, 0) is 21.6 Å². The largest absolute Gasteiger partial charge is 0.375 e. The molecule has 3 aromatic rings. The molecule has 0 aliphatic carbocycles. The van der Waals surface area contributed by atoms with Gasteiger partial charge in [-0.05, 0) is 16.7 Å². The first-order valence-electron chi connectivity index (χ1n) is 8.04. The maximum absolute atomic E-state index is 12.2. The van der Waals surface area contributed by atoms with Crippen molar-refractivity contribution in [1.82, 2.24) is 0 Å². The van der Waals surface area contributed by atoms with E-state index in [1.165, 1.54) is 0 Å². The SMILES string of the molecule is O=CC(COCc1ccccc1)(c1ccccc1)c1ccccc1. The lowest BCUT2D eigenvalue weighted by molar-refractivity contribution is -0.113. The molecule has 3 aromatic carbocycles. The van der Waals surface area contributed by atoms with E-state index in [2.05, 4.69) is 0 Å². The van der Waals surface area contributed by atoms with Crippen molar-refractivity contribution < 1.29 is 9.53 Å². The smallest absolute Gasteiger partial charge is 0.137 e. The quantitative estimate of drug-likeness (QED) is 0.604. The summed E-state index contributed by atoms with van der Waals surface area (Å²) in [6.07, 6.45) is 1.00. The second kappa shape index (κ2) is 7.71. The lowest BCUT2D eigenvalue weighted by atomic mass is 9.76. The van der Waals surface area contributed by atoms with Gasteiger partial charge in [0.1, 0.15) is 6.29 Å².